The number of rotatable bonds is 7. The number of benzene rings is 2. The van der Waals surface area contributed by atoms with Crippen molar-refractivity contribution in [2.75, 3.05) is 0 Å². The predicted molar refractivity (Wildman–Crippen MR) is 117 cm³/mol. The largest absolute Gasteiger partial charge is 0.457 e. The van der Waals surface area contributed by atoms with Gasteiger partial charge in [0.2, 0.25) is 5.91 Å². The van der Waals surface area contributed by atoms with Gasteiger partial charge in [0, 0.05) is 6.54 Å². The van der Waals surface area contributed by atoms with E-state index in [4.69, 9.17) is 9.47 Å². The molecule has 8 nitrogen and oxygen atoms in total. The zero-order valence-corrected chi connectivity index (χ0v) is 17.9. The molecule has 4 rings (SSSR count). The molecule has 3 aromatic rings. The van der Waals surface area contributed by atoms with E-state index in [1.54, 1.807) is 0 Å². The van der Waals surface area contributed by atoms with Crippen LogP contribution in [0.3, 0.4) is 0 Å². The lowest BCUT2D eigenvalue weighted by molar-refractivity contribution is -0.124. The van der Waals surface area contributed by atoms with Crippen molar-refractivity contribution in [3.8, 4) is 17.2 Å². The summed E-state index contributed by atoms with van der Waals surface area (Å²) in [5.74, 6) is 1.49. The van der Waals surface area contributed by atoms with Gasteiger partial charge < -0.3 is 20.1 Å². The summed E-state index contributed by atoms with van der Waals surface area (Å²) in [6.45, 7) is 4.32. The number of aromatic nitrogens is 2. The summed E-state index contributed by atoms with van der Waals surface area (Å²) in [6.07, 6.45) is 4.50. The van der Waals surface area contributed by atoms with Crippen molar-refractivity contribution < 1.29 is 19.1 Å². The highest BCUT2D eigenvalue weighted by molar-refractivity contribution is 5.93. The average Bonchev–Trinajstić information content (AvgIpc) is 3.55. The molecule has 0 atom stereocenters. The molecule has 2 amide bonds. The lowest BCUT2D eigenvalue weighted by atomic mass is 10.0. The van der Waals surface area contributed by atoms with Crippen LogP contribution in [0.25, 0.3) is 0 Å². The van der Waals surface area contributed by atoms with Crippen LogP contribution < -0.4 is 20.1 Å². The smallest absolute Gasteiger partial charge is 0.413 e. The third-order valence-corrected chi connectivity index (χ3v) is 5.35. The van der Waals surface area contributed by atoms with Gasteiger partial charge in [0.05, 0.1) is 12.4 Å². The fourth-order valence-electron chi connectivity index (χ4n) is 3.45. The fraction of sp³-hybridized carbons (Fsp3) is 0.250. The summed E-state index contributed by atoms with van der Waals surface area (Å²) in [6, 6.07) is 13.5. The Labute approximate surface area is 186 Å². The minimum Gasteiger partial charge on any atom is -0.457 e. The summed E-state index contributed by atoms with van der Waals surface area (Å²) < 4.78 is 11.1. The van der Waals surface area contributed by atoms with Crippen LogP contribution in [0.1, 0.15) is 29.5 Å². The number of hydrogen-bond donors (Lipinski definition) is 2. The molecule has 8 heteroatoms. The summed E-state index contributed by atoms with van der Waals surface area (Å²) >= 11 is 0. The van der Waals surface area contributed by atoms with Gasteiger partial charge in [-0.2, -0.15) is 0 Å². The molecule has 1 saturated carbocycles. The number of nitrogens with one attached hydrogen (secondary N) is 2. The highest BCUT2D eigenvalue weighted by Crippen LogP contribution is 2.36. The molecule has 1 aliphatic rings. The second-order valence-corrected chi connectivity index (χ2v) is 7.80. The molecular formula is C24H24N4O4. The Morgan fingerprint density at radius 2 is 1.62 bits per heavy atom. The lowest BCUT2D eigenvalue weighted by Crippen LogP contribution is -2.49. The van der Waals surface area contributed by atoms with E-state index in [-0.39, 0.29) is 11.7 Å². The molecule has 0 bridgehead atoms. The van der Waals surface area contributed by atoms with Crippen LogP contribution in [0.2, 0.25) is 0 Å². The first kappa shape index (κ1) is 21.3. The van der Waals surface area contributed by atoms with Crippen LogP contribution in [0.5, 0.6) is 17.2 Å². The van der Waals surface area contributed by atoms with Crippen LogP contribution in [0, 0.1) is 13.8 Å². The Balaban J connectivity index is 1.35. The van der Waals surface area contributed by atoms with Crippen LogP contribution in [-0.4, -0.2) is 27.5 Å². The Morgan fingerprint density at radius 1 is 0.969 bits per heavy atom. The number of carbonyl (C=O) groups is 2. The van der Waals surface area contributed by atoms with Crippen LogP contribution in [0.15, 0.2) is 61.2 Å². The van der Waals surface area contributed by atoms with Gasteiger partial charge >= 0.3 is 6.09 Å². The van der Waals surface area contributed by atoms with Crippen LogP contribution in [0.4, 0.5) is 4.79 Å². The summed E-state index contributed by atoms with van der Waals surface area (Å²) in [4.78, 5) is 32.5. The summed E-state index contributed by atoms with van der Waals surface area (Å²) in [7, 11) is 0. The number of ether oxygens (including phenoxy) is 2. The van der Waals surface area contributed by atoms with Crippen LogP contribution >= 0.6 is 0 Å². The molecule has 1 aliphatic carbocycles. The Bertz CT molecular complexity index is 1090. The van der Waals surface area contributed by atoms with Crippen molar-refractivity contribution in [2.24, 2.45) is 0 Å². The van der Waals surface area contributed by atoms with Crippen molar-refractivity contribution in [3.63, 3.8) is 0 Å². The van der Waals surface area contributed by atoms with Gasteiger partial charge in [-0.05, 0) is 67.6 Å². The molecule has 164 valence electrons. The Hall–Kier alpha value is -3.94. The first-order chi connectivity index (χ1) is 15.4. The van der Waals surface area contributed by atoms with Gasteiger partial charge in [-0.3, -0.25) is 4.79 Å². The summed E-state index contributed by atoms with van der Waals surface area (Å²) in [5, 5.41) is 5.62. The molecule has 0 spiro atoms. The standard InChI is InChI=1S/C24H24N4O4/c1-16-10-19(31-18-6-4-3-5-7-18)11-17(2)21(16)14-27-22(29)24(8-9-24)28-23(30)32-20-12-25-15-26-13-20/h3-7,10-13,15H,8-9,14H2,1-2H3,(H,27,29)(H,28,30). The third kappa shape index (κ3) is 5.03. The van der Waals surface area contributed by atoms with E-state index in [1.165, 1.54) is 18.7 Å². The second kappa shape index (κ2) is 9.05. The molecule has 0 unspecified atom stereocenters. The van der Waals surface area contributed by atoms with E-state index >= 15 is 0 Å². The Morgan fingerprint density at radius 3 is 2.25 bits per heavy atom. The molecular weight excluding hydrogens is 408 g/mol. The Kier molecular flexibility index (Phi) is 6.02. The van der Waals surface area contributed by atoms with Crippen molar-refractivity contribution in [1.29, 1.82) is 0 Å². The van der Waals surface area contributed by atoms with Crippen molar-refractivity contribution in [3.05, 3.63) is 77.9 Å². The van der Waals surface area contributed by atoms with Crippen LogP contribution in [-0.2, 0) is 11.3 Å². The van der Waals surface area contributed by atoms with E-state index in [0.29, 0.717) is 19.4 Å². The first-order valence-corrected chi connectivity index (χ1v) is 10.3. The van der Waals surface area contributed by atoms with Gasteiger partial charge in [0.1, 0.15) is 23.4 Å². The maximum atomic E-state index is 12.8. The minimum atomic E-state index is -0.940. The quantitative estimate of drug-likeness (QED) is 0.588. The van der Waals surface area contributed by atoms with Gasteiger partial charge in [0.15, 0.2) is 5.75 Å². The highest BCUT2D eigenvalue weighted by atomic mass is 16.6. The maximum absolute atomic E-state index is 12.8. The lowest BCUT2D eigenvalue weighted by Gasteiger charge is -2.19. The number of aryl methyl sites for hydroxylation is 2. The first-order valence-electron chi connectivity index (χ1n) is 10.3. The topological polar surface area (TPSA) is 102 Å². The molecule has 0 aliphatic heterocycles. The zero-order chi connectivity index (χ0) is 22.6. The van der Waals surface area contributed by atoms with Crippen molar-refractivity contribution in [1.82, 2.24) is 20.6 Å². The molecule has 1 heterocycles. The fourth-order valence-corrected chi connectivity index (χ4v) is 3.45. The average molecular weight is 432 g/mol. The summed E-state index contributed by atoms with van der Waals surface area (Å²) in [5.41, 5.74) is 2.10. The molecule has 1 aromatic heterocycles. The van der Waals surface area contributed by atoms with E-state index in [0.717, 1.165) is 28.2 Å². The van der Waals surface area contributed by atoms with Gasteiger partial charge in [0.25, 0.3) is 0 Å². The maximum Gasteiger partial charge on any atom is 0.413 e. The molecule has 2 aromatic carbocycles. The molecule has 0 radical (unpaired) electrons. The SMILES string of the molecule is Cc1cc(Oc2ccccc2)cc(C)c1CNC(=O)C1(NC(=O)Oc2cncnc2)CC1. The molecule has 32 heavy (non-hydrogen) atoms. The normalized spacial score (nSPS) is 13.7. The van der Waals surface area contributed by atoms with Crippen molar-refractivity contribution >= 4 is 12.0 Å². The monoisotopic (exact) mass is 432 g/mol. The number of nitrogens with zero attached hydrogens (tertiary/aromatic N) is 2. The minimum absolute atomic E-state index is 0.213. The molecule has 1 fully saturated rings. The third-order valence-electron chi connectivity index (χ3n) is 5.35. The van der Waals surface area contributed by atoms with Gasteiger partial charge in [-0.1, -0.05) is 18.2 Å². The molecule has 2 N–H and O–H groups in total. The van der Waals surface area contributed by atoms with Crippen molar-refractivity contribution in [2.45, 2.75) is 38.8 Å². The number of carbonyl (C=O) groups excluding carboxylic acids is 2. The molecule has 0 saturated heterocycles. The predicted octanol–water partition coefficient (Wildman–Crippen LogP) is 3.82. The number of amides is 2. The van der Waals surface area contributed by atoms with E-state index < -0.39 is 11.6 Å². The van der Waals surface area contributed by atoms with E-state index in [9.17, 15) is 9.59 Å². The second-order valence-electron chi connectivity index (χ2n) is 7.80. The van der Waals surface area contributed by atoms with Gasteiger partial charge in [-0.25, -0.2) is 14.8 Å². The zero-order valence-electron chi connectivity index (χ0n) is 17.9. The highest BCUT2D eigenvalue weighted by Gasteiger charge is 2.51. The van der Waals surface area contributed by atoms with E-state index in [1.807, 2.05) is 56.3 Å². The number of hydrogen-bond acceptors (Lipinski definition) is 6. The number of para-hydroxylation sites is 1. The van der Waals surface area contributed by atoms with E-state index in [2.05, 4.69) is 20.6 Å². The van der Waals surface area contributed by atoms with Gasteiger partial charge in [-0.15, -0.1) is 0 Å².